The van der Waals surface area contributed by atoms with Gasteiger partial charge in [0.05, 0.1) is 16.0 Å². The second kappa shape index (κ2) is 4.86. The average Bonchev–Trinajstić information content (AvgIpc) is 2.68. The lowest BCUT2D eigenvalue weighted by molar-refractivity contribution is -0.384. The Morgan fingerprint density at radius 3 is 2.29 bits per heavy atom. The van der Waals surface area contributed by atoms with Crippen LogP contribution in [-0.4, -0.2) is 20.0 Å². The summed E-state index contributed by atoms with van der Waals surface area (Å²) in [5.74, 6) is -0.557. The Bertz CT molecular complexity index is 870. The van der Waals surface area contributed by atoms with Gasteiger partial charge in [-0.2, -0.15) is 0 Å². The van der Waals surface area contributed by atoms with Gasteiger partial charge in [0.15, 0.2) is 0 Å². The van der Waals surface area contributed by atoms with Gasteiger partial charge in [-0.25, -0.2) is 9.36 Å². The molecule has 0 N–H and O–H groups in total. The van der Waals surface area contributed by atoms with Gasteiger partial charge in [-0.05, 0) is 19.9 Å². The molecule has 0 unspecified atom stereocenters. The van der Waals surface area contributed by atoms with E-state index in [9.17, 15) is 19.7 Å². The van der Waals surface area contributed by atoms with Gasteiger partial charge >= 0.3 is 5.69 Å². The molecule has 0 saturated carbocycles. The van der Waals surface area contributed by atoms with E-state index in [4.69, 9.17) is 0 Å². The molecule has 0 aliphatic rings. The summed E-state index contributed by atoms with van der Waals surface area (Å²) < 4.78 is 2.11. The number of hydrogen-bond acceptors (Lipinski definition) is 4. The number of carbonyl (C=O) groups excluding carboxylic acids is 1. The largest absolute Gasteiger partial charge is 0.340 e. The molecule has 108 valence electrons. The minimum Gasteiger partial charge on any atom is -0.269 e. The number of imidazole rings is 1. The summed E-state index contributed by atoms with van der Waals surface area (Å²) in [6.07, 6.45) is 0. The number of aromatic nitrogens is 2. The van der Waals surface area contributed by atoms with Crippen LogP contribution in [0.4, 0.5) is 5.69 Å². The maximum absolute atomic E-state index is 12.4. The van der Waals surface area contributed by atoms with E-state index in [1.807, 2.05) is 0 Å². The highest BCUT2D eigenvalue weighted by atomic mass is 16.6. The summed E-state index contributed by atoms with van der Waals surface area (Å²) in [6.45, 7) is 10.3. The van der Waals surface area contributed by atoms with Crippen molar-refractivity contribution in [3.05, 3.63) is 57.5 Å². The van der Waals surface area contributed by atoms with Crippen LogP contribution in [0, 0.1) is 10.1 Å². The normalized spacial score (nSPS) is 10.6. The van der Waals surface area contributed by atoms with E-state index in [2.05, 4.69) is 13.2 Å². The van der Waals surface area contributed by atoms with Gasteiger partial charge < -0.3 is 0 Å². The van der Waals surface area contributed by atoms with Crippen molar-refractivity contribution in [1.82, 2.24) is 9.13 Å². The molecule has 1 aromatic heterocycles. The molecule has 0 saturated heterocycles. The van der Waals surface area contributed by atoms with Crippen molar-refractivity contribution in [3.63, 3.8) is 0 Å². The molecular weight excluding hydrogens is 274 g/mol. The van der Waals surface area contributed by atoms with Crippen molar-refractivity contribution in [2.75, 3.05) is 0 Å². The second-order valence-electron chi connectivity index (χ2n) is 4.70. The van der Waals surface area contributed by atoms with Gasteiger partial charge in [0.1, 0.15) is 0 Å². The van der Waals surface area contributed by atoms with Crippen LogP contribution in [0.3, 0.4) is 0 Å². The van der Waals surface area contributed by atoms with Gasteiger partial charge in [-0.1, -0.05) is 13.2 Å². The number of nitro groups is 1. The predicted molar refractivity (Wildman–Crippen MR) is 79.3 cm³/mol. The maximum atomic E-state index is 12.4. The zero-order valence-corrected chi connectivity index (χ0v) is 11.6. The number of rotatable bonds is 3. The van der Waals surface area contributed by atoms with Crippen molar-refractivity contribution in [1.29, 1.82) is 0 Å². The zero-order valence-electron chi connectivity index (χ0n) is 11.6. The lowest BCUT2D eigenvalue weighted by Gasteiger charge is -2.00. The zero-order chi connectivity index (χ0) is 15.9. The van der Waals surface area contributed by atoms with Gasteiger partial charge in [0.2, 0.25) is 0 Å². The average molecular weight is 287 g/mol. The molecular formula is C14H13N3O4. The standard InChI is InChI=1S/C14H13N3O4/c1-8(2)13(18)16-11-6-5-10(17(20)21)7-12(11)15(9(3)4)14(16)19/h5-7H,1,3H2,2,4H3. The molecule has 0 spiro atoms. The van der Waals surface area contributed by atoms with Crippen LogP contribution in [0.5, 0.6) is 0 Å². The molecule has 21 heavy (non-hydrogen) atoms. The highest BCUT2D eigenvalue weighted by Crippen LogP contribution is 2.22. The Morgan fingerprint density at radius 2 is 1.81 bits per heavy atom. The number of nitro benzene ring substituents is 1. The number of allylic oxidation sites excluding steroid dienone is 2. The fourth-order valence-electron chi connectivity index (χ4n) is 2.06. The number of hydrogen-bond donors (Lipinski definition) is 0. The third kappa shape index (κ3) is 2.18. The van der Waals surface area contributed by atoms with Crippen LogP contribution < -0.4 is 5.69 Å². The molecule has 0 aliphatic carbocycles. The number of nitrogens with zero attached hydrogens (tertiary/aromatic N) is 3. The Hall–Kier alpha value is -2.96. The van der Waals surface area contributed by atoms with Crippen molar-refractivity contribution in [2.24, 2.45) is 0 Å². The van der Waals surface area contributed by atoms with Crippen molar-refractivity contribution >= 4 is 28.3 Å². The fourth-order valence-corrected chi connectivity index (χ4v) is 2.06. The van der Waals surface area contributed by atoms with Gasteiger partial charge in [-0.15, -0.1) is 0 Å². The quantitative estimate of drug-likeness (QED) is 0.492. The van der Waals surface area contributed by atoms with Crippen LogP contribution >= 0.6 is 0 Å². The first-order valence-corrected chi connectivity index (χ1v) is 6.03. The first-order valence-electron chi connectivity index (χ1n) is 6.03. The van der Waals surface area contributed by atoms with Gasteiger partial charge in [0, 0.05) is 23.4 Å². The van der Waals surface area contributed by atoms with E-state index < -0.39 is 16.5 Å². The van der Waals surface area contributed by atoms with E-state index >= 15 is 0 Å². The number of carbonyl (C=O) groups is 1. The third-order valence-electron chi connectivity index (χ3n) is 2.98. The number of non-ortho nitro benzene ring substituents is 1. The smallest absolute Gasteiger partial charge is 0.269 e. The fraction of sp³-hybridized carbons (Fsp3) is 0.143. The second-order valence-corrected chi connectivity index (χ2v) is 4.70. The molecule has 0 bridgehead atoms. The SMILES string of the molecule is C=C(C)C(=O)n1c(=O)n(C(=C)C)c2cc([N+](=O)[O-])ccc21. The van der Waals surface area contributed by atoms with Crippen LogP contribution in [0.1, 0.15) is 18.6 Å². The maximum Gasteiger partial charge on any atom is 0.340 e. The molecule has 1 aromatic carbocycles. The van der Waals surface area contributed by atoms with Crippen molar-refractivity contribution in [2.45, 2.75) is 13.8 Å². The van der Waals surface area contributed by atoms with E-state index in [0.29, 0.717) is 5.70 Å². The first-order chi connectivity index (χ1) is 9.75. The van der Waals surface area contributed by atoms with Crippen molar-refractivity contribution in [3.8, 4) is 0 Å². The lowest BCUT2D eigenvalue weighted by Crippen LogP contribution is -2.28. The molecule has 0 atom stereocenters. The summed E-state index contributed by atoms with van der Waals surface area (Å²) >= 11 is 0. The monoisotopic (exact) mass is 287 g/mol. The first kappa shape index (κ1) is 14.4. The Balaban J connectivity index is 2.96. The summed E-state index contributed by atoms with van der Waals surface area (Å²) in [7, 11) is 0. The summed E-state index contributed by atoms with van der Waals surface area (Å²) in [5.41, 5.74) is 0.302. The highest BCUT2D eigenvalue weighted by Gasteiger charge is 2.21. The van der Waals surface area contributed by atoms with Crippen LogP contribution in [0.2, 0.25) is 0 Å². The van der Waals surface area contributed by atoms with E-state index in [0.717, 1.165) is 4.57 Å². The van der Waals surface area contributed by atoms with E-state index in [1.165, 1.54) is 29.7 Å². The third-order valence-corrected chi connectivity index (χ3v) is 2.98. The summed E-state index contributed by atoms with van der Waals surface area (Å²) in [5, 5.41) is 10.9. The molecule has 0 aliphatic heterocycles. The lowest BCUT2D eigenvalue weighted by atomic mass is 10.2. The minimum absolute atomic E-state index is 0.169. The van der Waals surface area contributed by atoms with E-state index in [1.54, 1.807) is 6.92 Å². The Kier molecular flexibility index (Phi) is 3.34. The molecule has 2 rings (SSSR count). The molecule has 7 heteroatoms. The molecule has 0 radical (unpaired) electrons. The topological polar surface area (TPSA) is 87.1 Å². The Labute approximate surface area is 119 Å². The van der Waals surface area contributed by atoms with Gasteiger partial charge in [-0.3, -0.25) is 19.5 Å². The van der Waals surface area contributed by atoms with Crippen LogP contribution in [-0.2, 0) is 0 Å². The van der Waals surface area contributed by atoms with Crippen LogP contribution in [0.15, 0.2) is 41.7 Å². The van der Waals surface area contributed by atoms with Crippen molar-refractivity contribution < 1.29 is 9.72 Å². The minimum atomic E-state index is -0.619. The van der Waals surface area contributed by atoms with E-state index in [-0.39, 0.29) is 22.3 Å². The van der Waals surface area contributed by atoms with Gasteiger partial charge in [0.25, 0.3) is 11.6 Å². The highest BCUT2D eigenvalue weighted by molar-refractivity contribution is 6.00. The Morgan fingerprint density at radius 1 is 1.19 bits per heavy atom. The number of benzene rings is 1. The summed E-state index contributed by atoms with van der Waals surface area (Å²) in [4.78, 5) is 34.8. The molecule has 0 fully saturated rings. The summed E-state index contributed by atoms with van der Waals surface area (Å²) in [6, 6.07) is 3.86. The van der Waals surface area contributed by atoms with Crippen LogP contribution in [0.25, 0.3) is 16.7 Å². The molecule has 7 nitrogen and oxygen atoms in total. The molecule has 2 aromatic rings. The predicted octanol–water partition coefficient (Wildman–Crippen LogP) is 2.42. The molecule has 1 heterocycles. The molecule has 0 amide bonds. The number of fused-ring (bicyclic) bond motifs is 1.